The SMILES string of the molecule is CN(Cn1nc(CO)n(C2CC2)c1=S)c1cccc([N+](=O)[O-])c1. The van der Waals surface area contributed by atoms with Crippen LogP contribution >= 0.6 is 12.2 Å². The van der Waals surface area contributed by atoms with Gasteiger partial charge in [-0.15, -0.1) is 0 Å². The maximum absolute atomic E-state index is 10.9. The van der Waals surface area contributed by atoms with Gasteiger partial charge in [-0.2, -0.15) is 5.10 Å². The van der Waals surface area contributed by atoms with E-state index < -0.39 is 4.92 Å². The Kier molecular flexibility index (Phi) is 4.14. The number of benzene rings is 1. The second kappa shape index (κ2) is 6.09. The molecule has 23 heavy (non-hydrogen) atoms. The van der Waals surface area contributed by atoms with Crippen molar-refractivity contribution in [3.05, 3.63) is 45.0 Å². The van der Waals surface area contributed by atoms with Gasteiger partial charge in [0.15, 0.2) is 10.6 Å². The van der Waals surface area contributed by atoms with E-state index in [1.165, 1.54) is 12.1 Å². The van der Waals surface area contributed by atoms with Crippen molar-refractivity contribution in [3.8, 4) is 0 Å². The predicted molar refractivity (Wildman–Crippen MR) is 86.7 cm³/mol. The summed E-state index contributed by atoms with van der Waals surface area (Å²) < 4.78 is 4.10. The molecule has 0 aliphatic heterocycles. The zero-order chi connectivity index (χ0) is 16.6. The maximum Gasteiger partial charge on any atom is 0.271 e. The van der Waals surface area contributed by atoms with Crippen molar-refractivity contribution in [2.24, 2.45) is 0 Å². The molecule has 122 valence electrons. The van der Waals surface area contributed by atoms with Gasteiger partial charge in [-0.1, -0.05) is 6.07 Å². The molecule has 1 heterocycles. The van der Waals surface area contributed by atoms with Crippen molar-refractivity contribution in [2.75, 3.05) is 11.9 Å². The lowest BCUT2D eigenvalue weighted by molar-refractivity contribution is -0.384. The van der Waals surface area contributed by atoms with Crippen LogP contribution in [0.5, 0.6) is 0 Å². The fraction of sp³-hybridized carbons (Fsp3) is 0.429. The number of rotatable bonds is 6. The number of hydrogen-bond donors (Lipinski definition) is 1. The largest absolute Gasteiger partial charge is 0.388 e. The highest BCUT2D eigenvalue weighted by molar-refractivity contribution is 7.71. The number of aliphatic hydroxyl groups excluding tert-OH is 1. The molecular formula is C14H17N5O3S. The van der Waals surface area contributed by atoms with Crippen LogP contribution in [0.2, 0.25) is 0 Å². The second-order valence-corrected chi connectivity index (χ2v) is 5.94. The van der Waals surface area contributed by atoms with Crippen LogP contribution in [-0.4, -0.2) is 31.4 Å². The van der Waals surface area contributed by atoms with Crippen molar-refractivity contribution >= 4 is 23.6 Å². The number of non-ortho nitro benzene ring substituents is 1. The molecule has 1 aromatic carbocycles. The number of nitro groups is 1. The van der Waals surface area contributed by atoms with Gasteiger partial charge in [-0.05, 0) is 31.1 Å². The molecule has 3 rings (SSSR count). The Morgan fingerprint density at radius 2 is 2.26 bits per heavy atom. The minimum absolute atomic E-state index is 0.0394. The fourth-order valence-corrected chi connectivity index (χ4v) is 2.84. The third-order valence-electron chi connectivity index (χ3n) is 3.82. The van der Waals surface area contributed by atoms with Crippen LogP contribution in [-0.2, 0) is 13.3 Å². The zero-order valence-electron chi connectivity index (χ0n) is 12.6. The van der Waals surface area contributed by atoms with Crippen LogP contribution in [0.15, 0.2) is 24.3 Å². The average Bonchev–Trinajstić information content (AvgIpc) is 3.33. The van der Waals surface area contributed by atoms with E-state index in [-0.39, 0.29) is 12.3 Å². The van der Waals surface area contributed by atoms with Crippen LogP contribution in [0.4, 0.5) is 11.4 Å². The molecule has 1 aromatic heterocycles. The second-order valence-electron chi connectivity index (χ2n) is 5.57. The molecular weight excluding hydrogens is 318 g/mol. The van der Waals surface area contributed by atoms with Crippen LogP contribution < -0.4 is 4.90 Å². The minimum atomic E-state index is -0.422. The summed E-state index contributed by atoms with van der Waals surface area (Å²) in [6, 6.07) is 6.73. The van der Waals surface area contributed by atoms with Gasteiger partial charge in [0, 0.05) is 30.9 Å². The highest BCUT2D eigenvalue weighted by Gasteiger charge is 2.28. The first-order valence-corrected chi connectivity index (χ1v) is 7.66. The third-order valence-corrected chi connectivity index (χ3v) is 4.23. The van der Waals surface area contributed by atoms with E-state index in [2.05, 4.69) is 5.10 Å². The Labute approximate surface area is 137 Å². The van der Waals surface area contributed by atoms with Crippen molar-refractivity contribution in [3.63, 3.8) is 0 Å². The van der Waals surface area contributed by atoms with Crippen molar-refractivity contribution < 1.29 is 10.0 Å². The molecule has 9 heteroatoms. The van der Waals surface area contributed by atoms with Crippen molar-refractivity contribution in [2.45, 2.75) is 32.2 Å². The number of aromatic nitrogens is 3. The third kappa shape index (κ3) is 3.10. The van der Waals surface area contributed by atoms with Crippen LogP contribution in [0, 0.1) is 14.9 Å². The molecule has 0 atom stereocenters. The number of hydrogen-bond acceptors (Lipinski definition) is 6. The summed E-state index contributed by atoms with van der Waals surface area (Å²) in [4.78, 5) is 12.3. The predicted octanol–water partition coefficient (Wildman–Crippen LogP) is 2.24. The highest BCUT2D eigenvalue weighted by atomic mass is 32.1. The fourth-order valence-electron chi connectivity index (χ4n) is 2.49. The minimum Gasteiger partial charge on any atom is -0.388 e. The smallest absolute Gasteiger partial charge is 0.271 e. The number of nitrogens with zero attached hydrogens (tertiary/aromatic N) is 5. The molecule has 1 aliphatic carbocycles. The molecule has 0 amide bonds. The van der Waals surface area contributed by atoms with E-state index in [1.807, 2.05) is 16.5 Å². The summed E-state index contributed by atoms with van der Waals surface area (Å²) >= 11 is 5.45. The van der Waals surface area contributed by atoms with Gasteiger partial charge < -0.3 is 10.0 Å². The molecule has 8 nitrogen and oxygen atoms in total. The lowest BCUT2D eigenvalue weighted by Crippen LogP contribution is -2.22. The van der Waals surface area contributed by atoms with Crippen molar-refractivity contribution in [1.29, 1.82) is 0 Å². The average molecular weight is 335 g/mol. The molecule has 1 N–H and O–H groups in total. The quantitative estimate of drug-likeness (QED) is 0.495. The summed E-state index contributed by atoms with van der Waals surface area (Å²) in [5, 5.41) is 24.7. The normalized spacial score (nSPS) is 14.0. The van der Waals surface area contributed by atoms with Crippen LogP contribution in [0.1, 0.15) is 24.7 Å². The highest BCUT2D eigenvalue weighted by Crippen LogP contribution is 2.36. The van der Waals surface area contributed by atoms with E-state index in [0.717, 1.165) is 12.8 Å². The van der Waals surface area contributed by atoms with Gasteiger partial charge in [-0.25, -0.2) is 4.68 Å². The maximum atomic E-state index is 10.9. The number of nitro benzene ring substituents is 1. The lowest BCUT2D eigenvalue weighted by atomic mass is 10.2. The number of anilines is 1. The first kappa shape index (κ1) is 15.6. The van der Waals surface area contributed by atoms with Gasteiger partial charge in [0.1, 0.15) is 13.3 Å². The molecule has 1 fully saturated rings. The first-order valence-electron chi connectivity index (χ1n) is 7.26. The molecule has 2 aromatic rings. The molecule has 0 radical (unpaired) electrons. The standard InChI is InChI=1S/C14H17N5O3S/c1-16(11-3-2-4-12(7-11)19(21)22)9-17-14(23)18(10-5-6-10)13(8-20)15-17/h2-4,7,10,20H,5-6,8-9H2,1H3. The molecule has 0 saturated heterocycles. The van der Waals surface area contributed by atoms with E-state index in [4.69, 9.17) is 12.2 Å². The zero-order valence-corrected chi connectivity index (χ0v) is 13.4. The van der Waals surface area contributed by atoms with E-state index in [9.17, 15) is 15.2 Å². The summed E-state index contributed by atoms with van der Waals surface area (Å²) in [5.41, 5.74) is 0.741. The topological polar surface area (TPSA) is 89.4 Å². The van der Waals surface area contributed by atoms with Gasteiger partial charge in [-0.3, -0.25) is 14.7 Å². The van der Waals surface area contributed by atoms with Gasteiger partial charge in [0.25, 0.3) is 5.69 Å². The van der Waals surface area contributed by atoms with Crippen LogP contribution in [0.25, 0.3) is 0 Å². The molecule has 1 aliphatic rings. The lowest BCUT2D eigenvalue weighted by Gasteiger charge is -2.18. The summed E-state index contributed by atoms with van der Waals surface area (Å²) in [6.07, 6.45) is 2.10. The molecule has 0 bridgehead atoms. The Morgan fingerprint density at radius 1 is 1.52 bits per heavy atom. The first-order chi connectivity index (χ1) is 11.0. The summed E-state index contributed by atoms with van der Waals surface area (Å²) in [7, 11) is 1.82. The summed E-state index contributed by atoms with van der Waals surface area (Å²) in [6.45, 7) is 0.195. The van der Waals surface area contributed by atoms with Crippen molar-refractivity contribution in [1.82, 2.24) is 14.3 Å². The molecule has 1 saturated carbocycles. The van der Waals surface area contributed by atoms with Crippen LogP contribution in [0.3, 0.4) is 0 Å². The Bertz CT molecular complexity index is 796. The Balaban J connectivity index is 1.86. The Hall–Kier alpha value is -2.26. The van der Waals surface area contributed by atoms with E-state index in [1.54, 1.807) is 16.8 Å². The Morgan fingerprint density at radius 3 is 2.87 bits per heavy atom. The van der Waals surface area contributed by atoms with E-state index >= 15 is 0 Å². The van der Waals surface area contributed by atoms with Gasteiger partial charge in [0.05, 0.1) is 4.92 Å². The van der Waals surface area contributed by atoms with E-state index in [0.29, 0.717) is 29.0 Å². The summed E-state index contributed by atoms with van der Waals surface area (Å²) in [5.74, 6) is 0.560. The number of aliphatic hydroxyl groups is 1. The molecule has 0 unspecified atom stereocenters. The molecule has 0 spiro atoms. The van der Waals surface area contributed by atoms with Gasteiger partial charge in [0.2, 0.25) is 0 Å². The van der Waals surface area contributed by atoms with Gasteiger partial charge >= 0.3 is 0 Å². The monoisotopic (exact) mass is 335 g/mol.